The van der Waals surface area contributed by atoms with Crippen LogP contribution in [0.3, 0.4) is 0 Å². The topological polar surface area (TPSA) is 134 Å². The summed E-state index contributed by atoms with van der Waals surface area (Å²) in [5, 5.41) is 15.3. The molecule has 0 radical (unpaired) electrons. The number of benzene rings is 3. The molecule has 0 saturated heterocycles. The lowest BCUT2D eigenvalue weighted by atomic mass is 10.0. The summed E-state index contributed by atoms with van der Waals surface area (Å²) >= 11 is 0. The van der Waals surface area contributed by atoms with E-state index in [-0.39, 0.29) is 18.3 Å². The minimum atomic E-state index is -0.687. The van der Waals surface area contributed by atoms with E-state index in [2.05, 4.69) is 20.6 Å². The highest BCUT2D eigenvalue weighted by molar-refractivity contribution is 5.98. The average molecular weight is 498 g/mol. The van der Waals surface area contributed by atoms with Gasteiger partial charge in [0.05, 0.1) is 24.2 Å². The number of nitrogens with zero attached hydrogens (tertiary/aromatic N) is 3. The second kappa shape index (κ2) is 9.94. The Morgan fingerprint density at radius 3 is 2.54 bits per heavy atom. The van der Waals surface area contributed by atoms with Gasteiger partial charge >= 0.3 is 6.03 Å². The molecule has 1 atom stereocenters. The third-order valence-electron chi connectivity index (χ3n) is 6.23. The summed E-state index contributed by atoms with van der Waals surface area (Å²) < 4.78 is 5.24. The fraction of sp³-hybridized carbons (Fsp3) is 0.148. The van der Waals surface area contributed by atoms with Gasteiger partial charge in [-0.05, 0) is 35.4 Å². The summed E-state index contributed by atoms with van der Waals surface area (Å²) in [4.78, 5) is 46.4. The van der Waals surface area contributed by atoms with E-state index in [0.29, 0.717) is 52.1 Å². The van der Waals surface area contributed by atoms with Gasteiger partial charge in [0, 0.05) is 24.2 Å². The molecule has 0 spiro atoms. The molecular formula is C27H23N5O5. The number of aromatic nitrogens is 2. The Hall–Kier alpha value is -4.99. The van der Waals surface area contributed by atoms with Crippen molar-refractivity contribution in [1.29, 1.82) is 0 Å². The third kappa shape index (κ3) is 4.76. The maximum Gasteiger partial charge on any atom is 0.321 e. The number of para-hydroxylation sites is 2. The first-order valence-corrected chi connectivity index (χ1v) is 11.5. The van der Waals surface area contributed by atoms with Gasteiger partial charge in [-0.25, -0.2) is 14.8 Å². The lowest BCUT2D eigenvalue weighted by Gasteiger charge is -2.25. The maximum atomic E-state index is 13.1. The largest absolute Gasteiger partial charge is 0.497 e. The van der Waals surface area contributed by atoms with Crippen molar-refractivity contribution in [2.45, 2.75) is 12.6 Å². The SMILES string of the molecule is COc1ccc2c(c1)C(=O)N(C[C@H](NC(=O)NC=O)c1ccc(-c3nc4ccccc4nc3O)cc1)C2. The van der Waals surface area contributed by atoms with Gasteiger partial charge < -0.3 is 20.1 Å². The molecule has 186 valence electrons. The number of aromatic hydroxyl groups is 1. The number of hydrogen-bond acceptors (Lipinski definition) is 7. The summed E-state index contributed by atoms with van der Waals surface area (Å²) in [6, 6.07) is 18.3. The second-order valence-electron chi connectivity index (χ2n) is 8.50. The fourth-order valence-electron chi connectivity index (χ4n) is 4.38. The van der Waals surface area contributed by atoms with Gasteiger partial charge in [-0.15, -0.1) is 0 Å². The number of carbonyl (C=O) groups is 3. The van der Waals surface area contributed by atoms with Crippen molar-refractivity contribution in [1.82, 2.24) is 25.5 Å². The van der Waals surface area contributed by atoms with E-state index < -0.39 is 12.1 Å². The molecule has 37 heavy (non-hydrogen) atoms. The van der Waals surface area contributed by atoms with Crippen LogP contribution in [0.4, 0.5) is 4.79 Å². The van der Waals surface area contributed by atoms with Gasteiger partial charge in [0.25, 0.3) is 5.91 Å². The lowest BCUT2D eigenvalue weighted by molar-refractivity contribution is -0.108. The van der Waals surface area contributed by atoms with Crippen molar-refractivity contribution in [3.63, 3.8) is 0 Å². The molecule has 4 amide bonds. The van der Waals surface area contributed by atoms with Crippen LogP contribution in [0.15, 0.2) is 66.7 Å². The molecule has 0 fully saturated rings. The number of fused-ring (bicyclic) bond motifs is 2. The first kappa shape index (κ1) is 23.7. The smallest absolute Gasteiger partial charge is 0.321 e. The summed E-state index contributed by atoms with van der Waals surface area (Å²) in [5.74, 6) is 0.219. The highest BCUT2D eigenvalue weighted by atomic mass is 16.5. The molecule has 4 aromatic rings. The number of carbonyl (C=O) groups excluding carboxylic acids is 3. The zero-order chi connectivity index (χ0) is 25.9. The van der Waals surface area contributed by atoms with Gasteiger partial charge in [-0.2, -0.15) is 0 Å². The van der Waals surface area contributed by atoms with E-state index in [1.807, 2.05) is 24.3 Å². The third-order valence-corrected chi connectivity index (χ3v) is 6.23. The highest BCUT2D eigenvalue weighted by Gasteiger charge is 2.30. The van der Waals surface area contributed by atoms with Crippen molar-refractivity contribution in [3.8, 4) is 22.9 Å². The van der Waals surface area contributed by atoms with Crippen LogP contribution in [0.2, 0.25) is 0 Å². The molecule has 2 heterocycles. The number of ether oxygens (including phenoxy) is 1. The standard InChI is InChI=1S/C27H23N5O5/c1-37-19-11-10-18-13-32(26(35)20(18)12-19)14-23(31-27(36)28-15-33)16-6-8-17(9-7-16)24-25(34)30-22-5-3-2-4-21(22)29-24/h2-12,15,23H,13-14H2,1H3,(H,30,34)(H2,28,31,33,36)/t23-/m0/s1. The van der Waals surface area contributed by atoms with Crippen LogP contribution in [-0.2, 0) is 11.3 Å². The molecule has 1 aliphatic heterocycles. The number of methoxy groups -OCH3 is 1. The number of imide groups is 1. The molecule has 10 nitrogen and oxygen atoms in total. The molecular weight excluding hydrogens is 474 g/mol. The van der Waals surface area contributed by atoms with E-state index in [0.717, 1.165) is 5.56 Å². The van der Waals surface area contributed by atoms with Crippen molar-refractivity contribution in [3.05, 3.63) is 83.4 Å². The zero-order valence-electron chi connectivity index (χ0n) is 19.8. The van der Waals surface area contributed by atoms with E-state index >= 15 is 0 Å². The molecule has 0 aliphatic carbocycles. The number of nitrogens with one attached hydrogen (secondary N) is 2. The molecule has 10 heteroatoms. The zero-order valence-corrected chi connectivity index (χ0v) is 19.8. The normalized spacial score (nSPS) is 13.2. The number of urea groups is 1. The molecule has 0 bridgehead atoms. The predicted molar refractivity (Wildman–Crippen MR) is 135 cm³/mol. The van der Waals surface area contributed by atoms with Crippen molar-refractivity contribution >= 4 is 29.4 Å². The first-order chi connectivity index (χ1) is 18.0. The van der Waals surface area contributed by atoms with Crippen molar-refractivity contribution in [2.75, 3.05) is 13.7 Å². The molecule has 0 unspecified atom stereocenters. The number of hydrogen-bond donors (Lipinski definition) is 3. The Kier molecular flexibility index (Phi) is 6.38. The van der Waals surface area contributed by atoms with Crippen LogP contribution in [0.5, 0.6) is 11.6 Å². The molecule has 1 aromatic heterocycles. The predicted octanol–water partition coefficient (Wildman–Crippen LogP) is 3.16. The van der Waals surface area contributed by atoms with E-state index in [1.165, 1.54) is 7.11 Å². The minimum absolute atomic E-state index is 0.169. The Morgan fingerprint density at radius 2 is 1.84 bits per heavy atom. The number of amides is 4. The number of rotatable bonds is 7. The van der Waals surface area contributed by atoms with E-state index in [1.54, 1.807) is 47.4 Å². The summed E-state index contributed by atoms with van der Waals surface area (Å²) in [7, 11) is 1.54. The van der Waals surface area contributed by atoms with Gasteiger partial charge in [0.2, 0.25) is 12.3 Å². The van der Waals surface area contributed by atoms with Crippen LogP contribution in [0, 0.1) is 0 Å². The Bertz CT molecular complexity index is 1510. The molecule has 5 rings (SSSR count). The Labute approximate surface area is 211 Å². The monoisotopic (exact) mass is 497 g/mol. The minimum Gasteiger partial charge on any atom is -0.497 e. The molecule has 3 N–H and O–H groups in total. The van der Waals surface area contributed by atoms with Crippen LogP contribution < -0.4 is 15.4 Å². The van der Waals surface area contributed by atoms with Crippen molar-refractivity contribution in [2.24, 2.45) is 0 Å². The second-order valence-corrected chi connectivity index (χ2v) is 8.50. The van der Waals surface area contributed by atoms with Crippen LogP contribution >= 0.6 is 0 Å². The Morgan fingerprint density at radius 1 is 1.11 bits per heavy atom. The molecule has 0 saturated carbocycles. The van der Waals surface area contributed by atoms with Crippen LogP contribution in [0.1, 0.15) is 27.5 Å². The summed E-state index contributed by atoms with van der Waals surface area (Å²) in [6.45, 7) is 0.548. The molecule has 1 aliphatic rings. The maximum absolute atomic E-state index is 13.1. The fourth-order valence-corrected chi connectivity index (χ4v) is 4.38. The van der Waals surface area contributed by atoms with Gasteiger partial charge in [0.15, 0.2) is 0 Å². The van der Waals surface area contributed by atoms with E-state index in [4.69, 9.17) is 4.74 Å². The Balaban J connectivity index is 1.42. The molecule has 3 aromatic carbocycles. The van der Waals surface area contributed by atoms with Gasteiger partial charge in [-0.3, -0.25) is 14.9 Å². The van der Waals surface area contributed by atoms with Gasteiger partial charge in [-0.1, -0.05) is 42.5 Å². The highest BCUT2D eigenvalue weighted by Crippen LogP contribution is 2.31. The quantitative estimate of drug-likeness (QED) is 0.334. The van der Waals surface area contributed by atoms with E-state index in [9.17, 15) is 19.5 Å². The van der Waals surface area contributed by atoms with Crippen LogP contribution in [-0.4, -0.2) is 52.0 Å². The average Bonchev–Trinajstić information content (AvgIpc) is 3.22. The lowest BCUT2D eigenvalue weighted by Crippen LogP contribution is -2.42. The summed E-state index contributed by atoms with van der Waals surface area (Å²) in [6.07, 6.45) is 0.291. The first-order valence-electron chi connectivity index (χ1n) is 11.5. The summed E-state index contributed by atoms with van der Waals surface area (Å²) in [5.41, 5.74) is 4.30. The van der Waals surface area contributed by atoms with Gasteiger partial charge in [0.1, 0.15) is 11.4 Å². The van der Waals surface area contributed by atoms with Crippen LogP contribution in [0.25, 0.3) is 22.3 Å². The van der Waals surface area contributed by atoms with Crippen molar-refractivity contribution < 1.29 is 24.2 Å².